The molecule has 1 N–H and O–H groups in total. The first-order valence-electron chi connectivity index (χ1n) is 14.0. The van der Waals surface area contributed by atoms with Crippen molar-refractivity contribution in [3.05, 3.63) is 71.4 Å². The molecule has 202 valence electrons. The molecule has 1 saturated heterocycles. The van der Waals surface area contributed by atoms with Gasteiger partial charge in [-0.15, -0.1) is 0 Å². The number of hydrogen-bond acceptors (Lipinski definition) is 4. The van der Waals surface area contributed by atoms with Gasteiger partial charge < -0.3 is 24.4 Å². The Morgan fingerprint density at radius 2 is 1.71 bits per heavy atom. The number of ether oxygens (including phenoxy) is 1. The molecule has 2 unspecified atom stereocenters. The Morgan fingerprint density at radius 1 is 0.974 bits per heavy atom. The highest BCUT2D eigenvalue weighted by atomic mass is 16.5. The van der Waals surface area contributed by atoms with Crippen molar-refractivity contribution in [2.75, 3.05) is 46.4 Å². The highest BCUT2D eigenvalue weighted by molar-refractivity contribution is 6.02. The van der Waals surface area contributed by atoms with Crippen LogP contribution in [0.3, 0.4) is 0 Å². The summed E-state index contributed by atoms with van der Waals surface area (Å²) in [4.78, 5) is 32.2. The van der Waals surface area contributed by atoms with Crippen LogP contribution in [0.15, 0.2) is 54.7 Å². The smallest absolute Gasteiger partial charge is 0.254 e. The highest BCUT2D eigenvalue weighted by Gasteiger charge is 2.44. The van der Waals surface area contributed by atoms with E-state index in [1.165, 1.54) is 25.7 Å². The lowest BCUT2D eigenvalue weighted by Gasteiger charge is -2.41. The summed E-state index contributed by atoms with van der Waals surface area (Å²) in [5, 5.41) is 4.32. The Balaban J connectivity index is 1.46. The summed E-state index contributed by atoms with van der Waals surface area (Å²) < 4.78 is 7.48. The number of para-hydroxylation sites is 1. The molecule has 2 amide bonds. The Morgan fingerprint density at radius 3 is 2.50 bits per heavy atom. The second kappa shape index (κ2) is 12.1. The van der Waals surface area contributed by atoms with E-state index in [4.69, 9.17) is 4.74 Å². The summed E-state index contributed by atoms with van der Waals surface area (Å²) in [6.07, 6.45) is 8.18. The van der Waals surface area contributed by atoms with E-state index in [1.807, 2.05) is 48.3 Å². The number of methoxy groups -OCH3 is 1. The second-order valence-corrected chi connectivity index (χ2v) is 10.6. The SMILES string of the molecule is COCCN1C(=O)c2ccccc2C(C(=O)NCCCN2CCCCCC2)C1c1cn(C)c2ccccc12. The summed E-state index contributed by atoms with van der Waals surface area (Å²) in [7, 11) is 3.66. The zero-order valence-electron chi connectivity index (χ0n) is 22.7. The predicted molar refractivity (Wildman–Crippen MR) is 150 cm³/mol. The van der Waals surface area contributed by atoms with Crippen molar-refractivity contribution in [2.24, 2.45) is 7.05 Å². The molecule has 7 heteroatoms. The molecule has 0 spiro atoms. The molecule has 2 aliphatic rings. The third-order valence-corrected chi connectivity index (χ3v) is 8.15. The first kappa shape index (κ1) is 26.4. The highest BCUT2D eigenvalue weighted by Crippen LogP contribution is 2.45. The first-order valence-corrected chi connectivity index (χ1v) is 14.0. The monoisotopic (exact) mass is 516 g/mol. The number of nitrogens with one attached hydrogen (secondary N) is 1. The quantitative estimate of drug-likeness (QED) is 0.426. The van der Waals surface area contributed by atoms with Gasteiger partial charge in [0.15, 0.2) is 0 Å². The molecule has 1 aromatic heterocycles. The number of fused-ring (bicyclic) bond motifs is 2. The Labute approximate surface area is 225 Å². The van der Waals surface area contributed by atoms with E-state index < -0.39 is 12.0 Å². The van der Waals surface area contributed by atoms with Crippen molar-refractivity contribution in [1.82, 2.24) is 19.7 Å². The molecular weight excluding hydrogens is 476 g/mol. The van der Waals surface area contributed by atoms with Gasteiger partial charge in [0.25, 0.3) is 5.91 Å². The van der Waals surface area contributed by atoms with Gasteiger partial charge in [-0.3, -0.25) is 9.59 Å². The number of rotatable bonds is 9. The first-order chi connectivity index (χ1) is 18.6. The lowest BCUT2D eigenvalue weighted by atomic mass is 9.79. The van der Waals surface area contributed by atoms with E-state index in [0.29, 0.717) is 25.3 Å². The Kier molecular flexibility index (Phi) is 8.45. The lowest BCUT2D eigenvalue weighted by molar-refractivity contribution is -0.124. The maximum absolute atomic E-state index is 14.0. The van der Waals surface area contributed by atoms with Crippen LogP contribution in [0, 0.1) is 0 Å². The lowest BCUT2D eigenvalue weighted by Crippen LogP contribution is -2.48. The molecule has 1 fully saturated rings. The van der Waals surface area contributed by atoms with Crippen LogP contribution in [0.2, 0.25) is 0 Å². The van der Waals surface area contributed by atoms with Crippen LogP contribution in [0.1, 0.15) is 65.5 Å². The standard InChI is InChI=1S/C31H40N4O3/c1-33-22-26(23-12-7-8-15-27(23)33)29-28(30(36)32-16-11-19-34-17-9-3-4-10-18-34)24-13-5-6-14-25(24)31(37)35(29)20-21-38-2/h5-8,12-15,22,28-29H,3-4,9-11,16-21H2,1-2H3,(H,32,36). The zero-order valence-corrected chi connectivity index (χ0v) is 22.7. The van der Waals surface area contributed by atoms with Gasteiger partial charge in [-0.2, -0.15) is 0 Å². The van der Waals surface area contributed by atoms with Gasteiger partial charge in [-0.1, -0.05) is 49.2 Å². The Bertz CT molecular complexity index is 1260. The van der Waals surface area contributed by atoms with Crippen LogP contribution >= 0.6 is 0 Å². The van der Waals surface area contributed by atoms with Crippen molar-refractivity contribution in [3.8, 4) is 0 Å². The van der Waals surface area contributed by atoms with Crippen LogP contribution in [-0.2, 0) is 16.6 Å². The minimum atomic E-state index is -0.509. The molecule has 3 aromatic rings. The van der Waals surface area contributed by atoms with Crippen molar-refractivity contribution in [1.29, 1.82) is 0 Å². The fourth-order valence-electron chi connectivity index (χ4n) is 6.25. The van der Waals surface area contributed by atoms with E-state index >= 15 is 0 Å². The molecule has 0 radical (unpaired) electrons. The number of amides is 2. The number of aryl methyl sites for hydroxylation is 1. The molecule has 2 aliphatic heterocycles. The number of carbonyl (C=O) groups excluding carboxylic acids is 2. The molecule has 3 heterocycles. The van der Waals surface area contributed by atoms with Crippen LogP contribution in [-0.4, -0.2) is 72.6 Å². The third-order valence-electron chi connectivity index (χ3n) is 8.15. The zero-order chi connectivity index (χ0) is 26.5. The number of benzene rings is 2. The van der Waals surface area contributed by atoms with Gasteiger partial charge >= 0.3 is 0 Å². The van der Waals surface area contributed by atoms with E-state index in [0.717, 1.165) is 48.1 Å². The maximum Gasteiger partial charge on any atom is 0.254 e. The number of nitrogens with zero attached hydrogens (tertiary/aromatic N) is 3. The topological polar surface area (TPSA) is 66.8 Å². The molecule has 0 saturated carbocycles. The van der Waals surface area contributed by atoms with Gasteiger partial charge in [-0.25, -0.2) is 0 Å². The summed E-state index contributed by atoms with van der Waals surface area (Å²) >= 11 is 0. The Hall–Kier alpha value is -3.16. The minimum Gasteiger partial charge on any atom is -0.383 e. The maximum atomic E-state index is 14.0. The van der Waals surface area contributed by atoms with Crippen molar-refractivity contribution >= 4 is 22.7 Å². The summed E-state index contributed by atoms with van der Waals surface area (Å²) in [6.45, 7) is 4.76. The fraction of sp³-hybridized carbons (Fsp3) is 0.484. The van der Waals surface area contributed by atoms with Crippen LogP contribution in [0.4, 0.5) is 0 Å². The fourth-order valence-corrected chi connectivity index (χ4v) is 6.25. The van der Waals surface area contributed by atoms with Gasteiger partial charge in [0.05, 0.1) is 18.6 Å². The molecule has 38 heavy (non-hydrogen) atoms. The molecule has 0 aliphatic carbocycles. The van der Waals surface area contributed by atoms with Crippen molar-refractivity contribution in [2.45, 2.75) is 44.1 Å². The van der Waals surface area contributed by atoms with E-state index in [1.54, 1.807) is 7.11 Å². The average molecular weight is 517 g/mol. The van der Waals surface area contributed by atoms with E-state index in [2.05, 4.69) is 33.1 Å². The normalized spacial score (nSPS) is 20.4. The third kappa shape index (κ3) is 5.36. The molecule has 0 bridgehead atoms. The minimum absolute atomic E-state index is 0.0267. The molecule has 5 rings (SSSR count). The van der Waals surface area contributed by atoms with Gasteiger partial charge in [0.2, 0.25) is 5.91 Å². The summed E-state index contributed by atoms with van der Waals surface area (Å²) in [5.41, 5.74) is 3.47. The molecule has 2 atom stereocenters. The molecule has 2 aromatic carbocycles. The van der Waals surface area contributed by atoms with Crippen molar-refractivity contribution in [3.63, 3.8) is 0 Å². The second-order valence-electron chi connectivity index (χ2n) is 10.6. The van der Waals surface area contributed by atoms with Crippen LogP contribution in [0.25, 0.3) is 10.9 Å². The number of carbonyl (C=O) groups is 2. The van der Waals surface area contributed by atoms with Gasteiger partial charge in [0, 0.05) is 55.5 Å². The van der Waals surface area contributed by atoms with Crippen LogP contribution in [0.5, 0.6) is 0 Å². The largest absolute Gasteiger partial charge is 0.383 e. The molecule has 7 nitrogen and oxygen atoms in total. The number of aromatic nitrogens is 1. The number of likely N-dealkylation sites (tertiary alicyclic amines) is 1. The summed E-state index contributed by atoms with van der Waals surface area (Å²) in [5.74, 6) is -0.591. The van der Waals surface area contributed by atoms with Crippen LogP contribution < -0.4 is 5.32 Å². The predicted octanol–water partition coefficient (Wildman–Crippen LogP) is 4.49. The molecular formula is C31H40N4O3. The number of hydrogen-bond donors (Lipinski definition) is 1. The van der Waals surface area contributed by atoms with E-state index in [-0.39, 0.29) is 11.8 Å². The van der Waals surface area contributed by atoms with E-state index in [9.17, 15) is 9.59 Å². The van der Waals surface area contributed by atoms with Crippen molar-refractivity contribution < 1.29 is 14.3 Å². The summed E-state index contributed by atoms with van der Waals surface area (Å²) in [6, 6.07) is 15.4. The van der Waals surface area contributed by atoms with Gasteiger partial charge in [-0.05, 0) is 56.6 Å². The average Bonchev–Trinajstić information content (AvgIpc) is 3.08. The van der Waals surface area contributed by atoms with Gasteiger partial charge in [0.1, 0.15) is 0 Å².